The monoisotopic (exact) mass is 233 g/mol. The molecule has 1 saturated carbocycles. The Hall–Kier alpha value is -0.830. The van der Waals surface area contributed by atoms with E-state index in [9.17, 15) is 0 Å². The van der Waals surface area contributed by atoms with Crippen molar-refractivity contribution in [3.63, 3.8) is 0 Å². The van der Waals surface area contributed by atoms with E-state index >= 15 is 0 Å². The Labute approximate surface area is 104 Å². The van der Waals surface area contributed by atoms with Crippen molar-refractivity contribution in [2.75, 3.05) is 6.54 Å². The molecule has 3 nitrogen and oxygen atoms in total. The Morgan fingerprint density at radius 3 is 3.06 bits per heavy atom. The van der Waals surface area contributed by atoms with Gasteiger partial charge in [0.2, 0.25) is 0 Å². The zero-order chi connectivity index (χ0) is 11.9. The van der Waals surface area contributed by atoms with Crippen LogP contribution in [0.3, 0.4) is 0 Å². The Morgan fingerprint density at radius 2 is 2.35 bits per heavy atom. The molecule has 0 aliphatic heterocycles. The molecular formula is C14H23N3. The third kappa shape index (κ3) is 2.01. The molecule has 1 fully saturated rings. The predicted octanol–water partition coefficient (Wildman–Crippen LogP) is 2.58. The molecule has 94 valence electrons. The summed E-state index contributed by atoms with van der Waals surface area (Å²) in [7, 11) is 2.07. The summed E-state index contributed by atoms with van der Waals surface area (Å²) in [4.78, 5) is 0. The van der Waals surface area contributed by atoms with Gasteiger partial charge in [-0.2, -0.15) is 5.10 Å². The van der Waals surface area contributed by atoms with E-state index in [-0.39, 0.29) is 0 Å². The van der Waals surface area contributed by atoms with Crippen molar-refractivity contribution in [1.82, 2.24) is 15.1 Å². The molecule has 2 aliphatic carbocycles. The molecule has 0 amide bonds. The van der Waals surface area contributed by atoms with Crippen LogP contribution < -0.4 is 5.32 Å². The Kier molecular flexibility index (Phi) is 2.74. The second-order valence-corrected chi connectivity index (χ2v) is 5.85. The van der Waals surface area contributed by atoms with Crippen LogP contribution in [-0.2, 0) is 13.5 Å². The molecule has 17 heavy (non-hydrogen) atoms. The van der Waals surface area contributed by atoms with E-state index in [0.717, 1.165) is 0 Å². The summed E-state index contributed by atoms with van der Waals surface area (Å²) < 4.78 is 2.05. The fraction of sp³-hybridized carbons (Fsp3) is 0.786. The minimum atomic E-state index is 0.552. The smallest absolute Gasteiger partial charge is 0.0540 e. The van der Waals surface area contributed by atoms with Crippen molar-refractivity contribution < 1.29 is 0 Å². The van der Waals surface area contributed by atoms with E-state index in [1.807, 2.05) is 0 Å². The molecule has 0 aromatic carbocycles. The Balaban J connectivity index is 1.68. The quantitative estimate of drug-likeness (QED) is 0.866. The predicted molar refractivity (Wildman–Crippen MR) is 68.8 cm³/mol. The van der Waals surface area contributed by atoms with Gasteiger partial charge < -0.3 is 5.32 Å². The number of nitrogens with one attached hydrogen (secondary N) is 1. The first-order valence-electron chi connectivity index (χ1n) is 6.98. The second kappa shape index (κ2) is 4.13. The molecule has 0 spiro atoms. The molecule has 0 radical (unpaired) electrons. The minimum Gasteiger partial charge on any atom is -0.309 e. The van der Waals surface area contributed by atoms with Crippen LogP contribution in [0.5, 0.6) is 0 Å². The summed E-state index contributed by atoms with van der Waals surface area (Å²) in [6.07, 6.45) is 10.0. The van der Waals surface area contributed by atoms with Gasteiger partial charge in [0.15, 0.2) is 0 Å². The number of aromatic nitrogens is 2. The zero-order valence-electron chi connectivity index (χ0n) is 11.0. The van der Waals surface area contributed by atoms with Crippen molar-refractivity contribution in [2.24, 2.45) is 12.5 Å². The molecule has 3 rings (SSSR count). The molecule has 1 heterocycles. The second-order valence-electron chi connectivity index (χ2n) is 5.85. The maximum Gasteiger partial charge on any atom is 0.0540 e. The molecule has 1 aromatic rings. The highest BCUT2D eigenvalue weighted by Crippen LogP contribution is 2.48. The van der Waals surface area contributed by atoms with Crippen LogP contribution in [0.4, 0.5) is 0 Å². The van der Waals surface area contributed by atoms with Gasteiger partial charge in [-0.3, -0.25) is 4.68 Å². The fourth-order valence-corrected chi connectivity index (χ4v) is 3.09. The van der Waals surface area contributed by atoms with Gasteiger partial charge in [-0.1, -0.05) is 6.92 Å². The molecule has 0 saturated heterocycles. The highest BCUT2D eigenvalue weighted by atomic mass is 15.3. The average molecular weight is 233 g/mol. The molecular weight excluding hydrogens is 210 g/mol. The normalized spacial score (nSPS) is 25.6. The highest BCUT2D eigenvalue weighted by molar-refractivity contribution is 5.24. The zero-order valence-corrected chi connectivity index (χ0v) is 11.0. The van der Waals surface area contributed by atoms with Crippen molar-refractivity contribution in [3.8, 4) is 0 Å². The van der Waals surface area contributed by atoms with E-state index < -0.39 is 0 Å². The molecule has 1 atom stereocenters. The SMILES string of the molecule is CCC1(CNC2CCCc3c2cnn3C)CC1. The molecule has 2 aliphatic rings. The number of rotatable bonds is 4. The van der Waals surface area contributed by atoms with Crippen LogP contribution in [0.2, 0.25) is 0 Å². The van der Waals surface area contributed by atoms with Crippen LogP contribution in [0.1, 0.15) is 56.3 Å². The van der Waals surface area contributed by atoms with E-state index in [1.54, 1.807) is 0 Å². The van der Waals surface area contributed by atoms with Gasteiger partial charge in [-0.05, 0) is 43.9 Å². The first kappa shape index (κ1) is 11.3. The van der Waals surface area contributed by atoms with Gasteiger partial charge in [-0.25, -0.2) is 0 Å². The molecule has 1 aromatic heterocycles. The van der Waals surface area contributed by atoms with Crippen LogP contribution in [0.15, 0.2) is 6.20 Å². The van der Waals surface area contributed by atoms with Crippen LogP contribution in [0, 0.1) is 5.41 Å². The van der Waals surface area contributed by atoms with Gasteiger partial charge in [0.1, 0.15) is 0 Å². The van der Waals surface area contributed by atoms with Crippen molar-refractivity contribution in [3.05, 3.63) is 17.5 Å². The number of aryl methyl sites for hydroxylation is 1. The highest BCUT2D eigenvalue weighted by Gasteiger charge is 2.40. The van der Waals surface area contributed by atoms with Gasteiger partial charge in [0.05, 0.1) is 6.20 Å². The summed E-state index contributed by atoms with van der Waals surface area (Å²) in [6, 6.07) is 0.552. The van der Waals surface area contributed by atoms with E-state index in [4.69, 9.17) is 0 Å². The molecule has 1 unspecified atom stereocenters. The largest absolute Gasteiger partial charge is 0.309 e. The molecule has 1 N–H and O–H groups in total. The lowest BCUT2D eigenvalue weighted by molar-refractivity contribution is 0.377. The topological polar surface area (TPSA) is 29.9 Å². The van der Waals surface area contributed by atoms with Crippen LogP contribution in [-0.4, -0.2) is 16.3 Å². The number of hydrogen-bond donors (Lipinski definition) is 1. The first-order chi connectivity index (χ1) is 8.24. The van der Waals surface area contributed by atoms with E-state index in [1.165, 1.54) is 56.3 Å². The molecule has 0 bridgehead atoms. The molecule has 3 heteroatoms. The third-order valence-electron chi connectivity index (χ3n) is 4.81. The first-order valence-corrected chi connectivity index (χ1v) is 6.98. The van der Waals surface area contributed by atoms with Gasteiger partial charge in [0.25, 0.3) is 0 Å². The maximum atomic E-state index is 4.41. The van der Waals surface area contributed by atoms with Gasteiger partial charge in [0, 0.05) is 30.9 Å². The van der Waals surface area contributed by atoms with Crippen molar-refractivity contribution in [2.45, 2.75) is 51.5 Å². The van der Waals surface area contributed by atoms with Crippen LogP contribution in [0.25, 0.3) is 0 Å². The number of hydrogen-bond acceptors (Lipinski definition) is 2. The minimum absolute atomic E-state index is 0.552. The lowest BCUT2D eigenvalue weighted by Gasteiger charge is -2.26. The maximum absolute atomic E-state index is 4.41. The lowest BCUT2D eigenvalue weighted by Crippen LogP contribution is -2.30. The summed E-state index contributed by atoms with van der Waals surface area (Å²) >= 11 is 0. The Bertz CT molecular complexity index is 404. The van der Waals surface area contributed by atoms with Crippen LogP contribution >= 0.6 is 0 Å². The Morgan fingerprint density at radius 1 is 1.53 bits per heavy atom. The summed E-state index contributed by atoms with van der Waals surface area (Å²) in [5.74, 6) is 0. The standard InChI is InChI=1S/C14H23N3/c1-3-14(7-8-14)10-15-12-5-4-6-13-11(12)9-16-17(13)2/h9,12,15H,3-8,10H2,1-2H3. The van der Waals surface area contributed by atoms with Gasteiger partial charge in [-0.15, -0.1) is 0 Å². The fourth-order valence-electron chi connectivity index (χ4n) is 3.09. The summed E-state index contributed by atoms with van der Waals surface area (Å²) in [5, 5.41) is 8.20. The van der Waals surface area contributed by atoms with E-state index in [0.29, 0.717) is 11.5 Å². The van der Waals surface area contributed by atoms with Crippen molar-refractivity contribution >= 4 is 0 Å². The number of fused-ring (bicyclic) bond motifs is 1. The third-order valence-corrected chi connectivity index (χ3v) is 4.81. The van der Waals surface area contributed by atoms with E-state index in [2.05, 4.69) is 35.3 Å². The van der Waals surface area contributed by atoms with Gasteiger partial charge >= 0.3 is 0 Å². The lowest BCUT2D eigenvalue weighted by atomic mass is 9.92. The summed E-state index contributed by atoms with van der Waals surface area (Å²) in [6.45, 7) is 3.52. The summed E-state index contributed by atoms with van der Waals surface area (Å²) in [5.41, 5.74) is 3.53. The average Bonchev–Trinajstić information content (AvgIpc) is 3.05. The number of nitrogens with zero attached hydrogens (tertiary/aromatic N) is 2. The van der Waals surface area contributed by atoms with Crippen molar-refractivity contribution in [1.29, 1.82) is 0 Å².